The second-order valence-electron chi connectivity index (χ2n) is 6.66. The van der Waals surface area contributed by atoms with Crippen molar-refractivity contribution in [3.8, 4) is 28.5 Å². The van der Waals surface area contributed by atoms with Crippen LogP contribution in [-0.2, 0) is 0 Å². The molecule has 31 heavy (non-hydrogen) atoms. The molecule has 1 heterocycles. The third-order valence-corrected chi connectivity index (χ3v) is 4.81. The zero-order valence-corrected chi connectivity index (χ0v) is 16.9. The van der Waals surface area contributed by atoms with Crippen molar-refractivity contribution in [2.75, 3.05) is 14.2 Å². The van der Waals surface area contributed by atoms with Crippen LogP contribution in [0.2, 0.25) is 0 Å². The summed E-state index contributed by atoms with van der Waals surface area (Å²) in [6.07, 6.45) is 1.42. The summed E-state index contributed by atoms with van der Waals surface area (Å²) in [7, 11) is 3.11. The van der Waals surface area contributed by atoms with E-state index < -0.39 is 5.91 Å². The predicted molar refractivity (Wildman–Crippen MR) is 118 cm³/mol. The summed E-state index contributed by atoms with van der Waals surface area (Å²) in [4.78, 5) is 12.4. The molecule has 4 rings (SSSR count). The van der Waals surface area contributed by atoms with E-state index >= 15 is 0 Å². The lowest BCUT2D eigenvalue weighted by molar-refractivity contribution is 0.0950. The Balaban J connectivity index is 1.51. The van der Waals surface area contributed by atoms with Gasteiger partial charge in [0.2, 0.25) is 0 Å². The number of aromatic amines is 1. The average Bonchev–Trinajstić information content (AvgIpc) is 3.30. The number of ether oxygens (including phenoxy) is 2. The van der Waals surface area contributed by atoms with Gasteiger partial charge in [-0.25, -0.2) is 5.43 Å². The van der Waals surface area contributed by atoms with Gasteiger partial charge in [0, 0.05) is 11.1 Å². The number of aromatic hydroxyl groups is 1. The highest BCUT2D eigenvalue weighted by Gasteiger charge is 2.13. The smallest absolute Gasteiger partial charge is 0.289 e. The number of nitrogens with one attached hydrogen (secondary N) is 2. The summed E-state index contributed by atoms with van der Waals surface area (Å²) in [6.45, 7) is 0. The zero-order chi connectivity index (χ0) is 21.8. The van der Waals surface area contributed by atoms with Crippen LogP contribution in [0, 0.1) is 0 Å². The van der Waals surface area contributed by atoms with Crippen molar-refractivity contribution in [2.24, 2.45) is 5.10 Å². The highest BCUT2D eigenvalue weighted by atomic mass is 16.5. The van der Waals surface area contributed by atoms with Gasteiger partial charge >= 0.3 is 0 Å². The van der Waals surface area contributed by atoms with Crippen molar-refractivity contribution in [2.45, 2.75) is 0 Å². The molecule has 8 heteroatoms. The molecule has 0 unspecified atom stereocenters. The van der Waals surface area contributed by atoms with Crippen LogP contribution in [0.15, 0.2) is 65.8 Å². The normalized spacial score (nSPS) is 11.0. The van der Waals surface area contributed by atoms with Gasteiger partial charge in [0.05, 0.1) is 26.1 Å². The molecule has 0 bridgehead atoms. The molecule has 3 aromatic carbocycles. The summed E-state index contributed by atoms with van der Waals surface area (Å²) in [5.74, 6) is 0.781. The van der Waals surface area contributed by atoms with Crippen LogP contribution in [0.4, 0.5) is 0 Å². The number of hydrogen-bond acceptors (Lipinski definition) is 6. The van der Waals surface area contributed by atoms with Crippen molar-refractivity contribution < 1.29 is 19.4 Å². The van der Waals surface area contributed by atoms with Crippen LogP contribution >= 0.6 is 0 Å². The lowest BCUT2D eigenvalue weighted by Gasteiger charge is -2.08. The number of rotatable bonds is 6. The Morgan fingerprint density at radius 3 is 2.68 bits per heavy atom. The zero-order valence-electron chi connectivity index (χ0n) is 16.9. The van der Waals surface area contributed by atoms with Gasteiger partial charge in [-0.3, -0.25) is 9.89 Å². The molecule has 0 radical (unpaired) electrons. The van der Waals surface area contributed by atoms with E-state index in [9.17, 15) is 9.90 Å². The monoisotopic (exact) mass is 416 g/mol. The van der Waals surface area contributed by atoms with E-state index in [0.717, 1.165) is 16.3 Å². The van der Waals surface area contributed by atoms with Crippen molar-refractivity contribution in [1.29, 1.82) is 0 Å². The number of amides is 1. The topological polar surface area (TPSA) is 109 Å². The lowest BCUT2D eigenvalue weighted by Crippen LogP contribution is -2.18. The van der Waals surface area contributed by atoms with Gasteiger partial charge in [0.25, 0.3) is 5.91 Å². The van der Waals surface area contributed by atoms with Gasteiger partial charge in [-0.2, -0.15) is 10.2 Å². The quantitative estimate of drug-likeness (QED) is 0.328. The fourth-order valence-electron chi connectivity index (χ4n) is 3.22. The van der Waals surface area contributed by atoms with Gasteiger partial charge in [0.15, 0.2) is 11.5 Å². The van der Waals surface area contributed by atoms with Crippen molar-refractivity contribution in [3.05, 3.63) is 71.9 Å². The van der Waals surface area contributed by atoms with Gasteiger partial charge in [-0.1, -0.05) is 30.3 Å². The number of hydrogen-bond donors (Lipinski definition) is 3. The second kappa shape index (κ2) is 8.58. The average molecular weight is 416 g/mol. The van der Waals surface area contributed by atoms with Gasteiger partial charge in [-0.05, 0) is 41.1 Å². The number of benzene rings is 3. The molecule has 0 fully saturated rings. The predicted octanol–water partition coefficient (Wildman–Crippen LogP) is 3.72. The number of carbonyl (C=O) groups is 1. The second-order valence-corrected chi connectivity index (χ2v) is 6.66. The molecule has 8 nitrogen and oxygen atoms in total. The highest BCUT2D eigenvalue weighted by Crippen LogP contribution is 2.31. The molecular weight excluding hydrogens is 396 g/mol. The van der Waals surface area contributed by atoms with E-state index in [0.29, 0.717) is 22.8 Å². The minimum absolute atomic E-state index is 0.0778. The molecule has 0 saturated carbocycles. The number of aromatic nitrogens is 2. The first-order chi connectivity index (χ1) is 15.1. The Morgan fingerprint density at radius 1 is 1.06 bits per heavy atom. The maximum absolute atomic E-state index is 12.4. The Kier molecular flexibility index (Phi) is 5.53. The van der Waals surface area contributed by atoms with Gasteiger partial charge < -0.3 is 14.6 Å². The van der Waals surface area contributed by atoms with Crippen LogP contribution in [-0.4, -0.2) is 41.6 Å². The first kappa shape index (κ1) is 20.0. The third kappa shape index (κ3) is 4.04. The summed E-state index contributed by atoms with van der Waals surface area (Å²) >= 11 is 0. The van der Waals surface area contributed by atoms with E-state index in [-0.39, 0.29) is 11.4 Å². The number of hydrazone groups is 1. The Bertz CT molecular complexity index is 1280. The number of methoxy groups -OCH3 is 2. The van der Waals surface area contributed by atoms with Crippen molar-refractivity contribution in [1.82, 2.24) is 15.6 Å². The summed E-state index contributed by atoms with van der Waals surface area (Å²) in [6, 6.07) is 18.0. The number of phenols is 1. The molecule has 0 spiro atoms. The molecule has 156 valence electrons. The first-order valence-electron chi connectivity index (χ1n) is 9.42. The maximum Gasteiger partial charge on any atom is 0.289 e. The van der Waals surface area contributed by atoms with Crippen LogP contribution in [0.3, 0.4) is 0 Å². The minimum Gasteiger partial charge on any atom is -0.507 e. The number of phenolic OH excluding ortho intramolecular Hbond substituents is 1. The molecule has 0 saturated heterocycles. The first-order valence-corrected chi connectivity index (χ1v) is 9.42. The van der Waals surface area contributed by atoms with Crippen LogP contribution < -0.4 is 14.9 Å². The van der Waals surface area contributed by atoms with E-state index in [4.69, 9.17) is 9.47 Å². The maximum atomic E-state index is 12.4. The summed E-state index contributed by atoms with van der Waals surface area (Å²) in [5.41, 5.74) is 4.54. The standard InChI is InChI=1S/C23H20N4O4/c1-30-21-10-8-15(11-22(21)31-2)18-12-19(26-25-18)23(29)27-24-13-17-16-6-4-3-5-14(16)7-9-20(17)28/h3-13,28H,1-2H3,(H,25,26)(H,27,29)/b24-13+. The largest absolute Gasteiger partial charge is 0.507 e. The number of H-pyrrole nitrogens is 1. The molecule has 4 aromatic rings. The molecule has 1 amide bonds. The van der Waals surface area contributed by atoms with Crippen LogP contribution in [0.5, 0.6) is 17.2 Å². The van der Waals surface area contributed by atoms with Crippen molar-refractivity contribution >= 4 is 22.9 Å². The van der Waals surface area contributed by atoms with Crippen molar-refractivity contribution in [3.63, 3.8) is 0 Å². The lowest BCUT2D eigenvalue weighted by atomic mass is 10.0. The Hall–Kier alpha value is -4.33. The van der Waals surface area contributed by atoms with Crippen LogP contribution in [0.25, 0.3) is 22.0 Å². The number of carbonyl (C=O) groups excluding carboxylic acids is 1. The molecule has 0 atom stereocenters. The SMILES string of the molecule is COc1ccc(-c2cc(C(=O)N/N=C/c3c(O)ccc4ccccc34)[nH]n2)cc1OC. The molecule has 0 aliphatic carbocycles. The fraction of sp³-hybridized carbons (Fsp3) is 0.0870. The van der Waals surface area contributed by atoms with E-state index in [1.807, 2.05) is 36.4 Å². The van der Waals surface area contributed by atoms with Gasteiger partial charge in [0.1, 0.15) is 11.4 Å². The molecule has 0 aliphatic rings. The molecule has 0 aliphatic heterocycles. The highest BCUT2D eigenvalue weighted by molar-refractivity contribution is 6.03. The van der Waals surface area contributed by atoms with Crippen LogP contribution in [0.1, 0.15) is 16.1 Å². The fourth-order valence-corrected chi connectivity index (χ4v) is 3.22. The molecule has 3 N–H and O–H groups in total. The minimum atomic E-state index is -0.463. The molecule has 1 aromatic heterocycles. The Labute approximate surface area is 178 Å². The van der Waals surface area contributed by atoms with Gasteiger partial charge in [-0.15, -0.1) is 0 Å². The Morgan fingerprint density at radius 2 is 1.87 bits per heavy atom. The third-order valence-electron chi connectivity index (χ3n) is 4.81. The number of nitrogens with zero attached hydrogens (tertiary/aromatic N) is 2. The van der Waals surface area contributed by atoms with E-state index in [1.165, 1.54) is 6.21 Å². The molecular formula is C23H20N4O4. The van der Waals surface area contributed by atoms with E-state index in [2.05, 4.69) is 20.7 Å². The van der Waals surface area contributed by atoms with E-state index in [1.54, 1.807) is 38.5 Å². The summed E-state index contributed by atoms with van der Waals surface area (Å²) in [5, 5.41) is 22.8. The number of fused-ring (bicyclic) bond motifs is 1. The summed E-state index contributed by atoms with van der Waals surface area (Å²) < 4.78 is 10.5.